The number of allylic oxidation sites excluding steroid dienone is 1. The molecule has 25 heavy (non-hydrogen) atoms. The molecule has 0 radical (unpaired) electrons. The number of hydrogen-bond acceptors (Lipinski definition) is 0. The summed E-state index contributed by atoms with van der Waals surface area (Å²) in [5.74, 6) is 0. The van der Waals surface area contributed by atoms with E-state index in [0.717, 1.165) is 6.42 Å². The Hall–Kier alpha value is -2.86. The number of aryl methyl sites for hydroxylation is 2. The van der Waals surface area contributed by atoms with Gasteiger partial charge in [0.1, 0.15) is 0 Å². The molecule has 3 aromatic rings. The summed E-state index contributed by atoms with van der Waals surface area (Å²) < 4.78 is 0. The van der Waals surface area contributed by atoms with Crippen LogP contribution in [-0.2, 0) is 0 Å². The average molecular weight is 322 g/mol. The van der Waals surface area contributed by atoms with Gasteiger partial charge < -0.3 is 0 Å². The van der Waals surface area contributed by atoms with E-state index in [1.165, 1.54) is 49.0 Å². The van der Waals surface area contributed by atoms with Crippen LogP contribution < -0.4 is 10.4 Å². The molecule has 0 atom stereocenters. The fourth-order valence-electron chi connectivity index (χ4n) is 3.54. The van der Waals surface area contributed by atoms with Gasteiger partial charge in [-0.05, 0) is 70.3 Å². The van der Waals surface area contributed by atoms with Crippen LogP contribution in [0.2, 0.25) is 0 Å². The second-order valence-electron chi connectivity index (χ2n) is 6.94. The van der Waals surface area contributed by atoms with Gasteiger partial charge in [-0.1, -0.05) is 78.4 Å². The van der Waals surface area contributed by atoms with Crippen LogP contribution >= 0.6 is 0 Å². The smallest absolute Gasteiger partial charge is 0.00878 e. The van der Waals surface area contributed by atoms with Crippen LogP contribution in [0.25, 0.3) is 35.1 Å². The summed E-state index contributed by atoms with van der Waals surface area (Å²) in [5, 5.41) is 5.20. The molecule has 0 N–H and O–H groups in total. The van der Waals surface area contributed by atoms with Crippen LogP contribution in [0.1, 0.15) is 28.7 Å². The van der Waals surface area contributed by atoms with Gasteiger partial charge in [0.25, 0.3) is 0 Å². The summed E-state index contributed by atoms with van der Waals surface area (Å²) in [6, 6.07) is 17.8. The molecule has 122 valence electrons. The number of benzene rings is 3. The van der Waals surface area contributed by atoms with E-state index in [0.29, 0.717) is 0 Å². The molecule has 0 amide bonds. The molecule has 0 heterocycles. The van der Waals surface area contributed by atoms with Crippen molar-refractivity contribution in [2.45, 2.75) is 20.3 Å². The van der Waals surface area contributed by atoms with Gasteiger partial charge in [-0.25, -0.2) is 0 Å². The summed E-state index contributed by atoms with van der Waals surface area (Å²) in [5.41, 5.74) is 6.37. The highest BCUT2D eigenvalue weighted by Crippen LogP contribution is 2.25. The molecule has 0 aliphatic heterocycles. The van der Waals surface area contributed by atoms with E-state index in [-0.39, 0.29) is 0 Å². The van der Waals surface area contributed by atoms with Gasteiger partial charge in [0.2, 0.25) is 0 Å². The molecular formula is C25H22. The molecular weight excluding hydrogens is 300 g/mol. The third kappa shape index (κ3) is 3.08. The Bertz CT molecular complexity index is 1140. The normalized spacial score (nSPS) is 14.7. The zero-order valence-corrected chi connectivity index (χ0v) is 14.8. The van der Waals surface area contributed by atoms with Gasteiger partial charge in [-0.3, -0.25) is 0 Å². The van der Waals surface area contributed by atoms with Crippen molar-refractivity contribution < 1.29 is 0 Å². The first kappa shape index (κ1) is 15.7. The SMILES string of the molecule is C=Cc1cc2cc(C)ccc2cc1/C=C1/C=c2ccc(C)cc2=CC1. The standard InChI is InChI=1S/C25H22/c1-4-20-15-24-12-18(3)6-9-23(24)16-25(20)14-19-7-10-21-11-17(2)5-8-22(21)13-19/h4-6,8-16H,1,7H2,2-3H3/b19-14+. The molecule has 0 saturated carbocycles. The Labute approximate surface area is 149 Å². The van der Waals surface area contributed by atoms with E-state index in [4.69, 9.17) is 0 Å². The Balaban J connectivity index is 1.84. The minimum Gasteiger partial charge on any atom is -0.0984 e. The van der Waals surface area contributed by atoms with Gasteiger partial charge in [-0.15, -0.1) is 0 Å². The topological polar surface area (TPSA) is 0 Å². The third-order valence-electron chi connectivity index (χ3n) is 4.90. The van der Waals surface area contributed by atoms with Crippen molar-refractivity contribution in [1.29, 1.82) is 0 Å². The molecule has 1 aliphatic rings. The number of fused-ring (bicyclic) bond motifs is 2. The number of rotatable bonds is 2. The second kappa shape index (κ2) is 6.22. The van der Waals surface area contributed by atoms with E-state index in [2.05, 4.69) is 87.2 Å². The van der Waals surface area contributed by atoms with Crippen LogP contribution in [0.4, 0.5) is 0 Å². The molecule has 0 bridgehead atoms. The summed E-state index contributed by atoms with van der Waals surface area (Å²) >= 11 is 0. The predicted molar refractivity (Wildman–Crippen MR) is 111 cm³/mol. The van der Waals surface area contributed by atoms with Crippen LogP contribution in [-0.4, -0.2) is 0 Å². The van der Waals surface area contributed by atoms with E-state index in [1.807, 2.05) is 6.08 Å². The quantitative estimate of drug-likeness (QED) is 0.612. The second-order valence-corrected chi connectivity index (χ2v) is 6.94. The van der Waals surface area contributed by atoms with E-state index < -0.39 is 0 Å². The van der Waals surface area contributed by atoms with Crippen molar-refractivity contribution in [3.8, 4) is 0 Å². The Morgan fingerprint density at radius 3 is 2.40 bits per heavy atom. The largest absolute Gasteiger partial charge is 0.0984 e. The van der Waals surface area contributed by atoms with Gasteiger partial charge in [0, 0.05) is 0 Å². The van der Waals surface area contributed by atoms with Crippen LogP contribution in [0.3, 0.4) is 0 Å². The maximum Gasteiger partial charge on any atom is -0.00878 e. The lowest BCUT2D eigenvalue weighted by Gasteiger charge is -2.10. The summed E-state index contributed by atoms with van der Waals surface area (Å²) in [4.78, 5) is 0. The molecule has 0 heteroatoms. The van der Waals surface area contributed by atoms with Crippen molar-refractivity contribution >= 4 is 35.1 Å². The molecule has 4 rings (SSSR count). The zero-order valence-electron chi connectivity index (χ0n) is 14.8. The van der Waals surface area contributed by atoms with Crippen LogP contribution in [0, 0.1) is 13.8 Å². The molecule has 0 spiro atoms. The minimum atomic E-state index is 0.971. The highest BCUT2D eigenvalue weighted by Gasteiger charge is 2.04. The molecule has 0 nitrogen and oxygen atoms in total. The molecule has 3 aromatic carbocycles. The lowest BCUT2D eigenvalue weighted by atomic mass is 9.95. The highest BCUT2D eigenvalue weighted by atomic mass is 14.1. The molecule has 1 aliphatic carbocycles. The van der Waals surface area contributed by atoms with Gasteiger partial charge in [-0.2, -0.15) is 0 Å². The van der Waals surface area contributed by atoms with E-state index in [9.17, 15) is 0 Å². The first-order chi connectivity index (χ1) is 12.1. The van der Waals surface area contributed by atoms with Crippen molar-refractivity contribution in [1.82, 2.24) is 0 Å². The Morgan fingerprint density at radius 2 is 1.56 bits per heavy atom. The van der Waals surface area contributed by atoms with Crippen molar-refractivity contribution in [3.63, 3.8) is 0 Å². The Morgan fingerprint density at radius 1 is 0.800 bits per heavy atom. The highest BCUT2D eigenvalue weighted by molar-refractivity contribution is 5.89. The summed E-state index contributed by atoms with van der Waals surface area (Å²) in [6.07, 6.45) is 9.86. The van der Waals surface area contributed by atoms with E-state index >= 15 is 0 Å². The van der Waals surface area contributed by atoms with Gasteiger partial charge in [0.15, 0.2) is 0 Å². The lowest BCUT2D eigenvalue weighted by Crippen LogP contribution is -2.26. The zero-order chi connectivity index (χ0) is 17.4. The van der Waals surface area contributed by atoms with Gasteiger partial charge >= 0.3 is 0 Å². The minimum absolute atomic E-state index is 0.971. The van der Waals surface area contributed by atoms with E-state index in [1.54, 1.807) is 0 Å². The first-order valence-corrected chi connectivity index (χ1v) is 8.78. The molecule has 0 fully saturated rings. The fourth-order valence-corrected chi connectivity index (χ4v) is 3.54. The van der Waals surface area contributed by atoms with Crippen molar-refractivity contribution in [3.05, 3.63) is 93.4 Å². The van der Waals surface area contributed by atoms with Crippen LogP contribution in [0.15, 0.2) is 60.7 Å². The average Bonchev–Trinajstić information content (AvgIpc) is 2.61. The number of hydrogen-bond donors (Lipinski definition) is 0. The summed E-state index contributed by atoms with van der Waals surface area (Å²) in [6.45, 7) is 8.29. The first-order valence-electron chi connectivity index (χ1n) is 8.78. The maximum absolute atomic E-state index is 4.01. The van der Waals surface area contributed by atoms with Crippen molar-refractivity contribution in [2.24, 2.45) is 0 Å². The fraction of sp³-hybridized carbons (Fsp3) is 0.120. The Kier molecular flexibility index (Phi) is 3.89. The third-order valence-corrected chi connectivity index (χ3v) is 4.90. The lowest BCUT2D eigenvalue weighted by molar-refractivity contribution is 1.31. The molecule has 0 aromatic heterocycles. The van der Waals surface area contributed by atoms with Gasteiger partial charge in [0.05, 0.1) is 0 Å². The van der Waals surface area contributed by atoms with Crippen molar-refractivity contribution in [2.75, 3.05) is 0 Å². The van der Waals surface area contributed by atoms with Crippen LogP contribution in [0.5, 0.6) is 0 Å². The maximum atomic E-state index is 4.01. The predicted octanol–water partition coefficient (Wildman–Crippen LogP) is 5.15. The summed E-state index contributed by atoms with van der Waals surface area (Å²) in [7, 11) is 0. The monoisotopic (exact) mass is 322 g/mol. The molecule has 0 saturated heterocycles. The molecule has 0 unspecified atom stereocenters.